The molecule has 20 heteroatoms. The fourth-order valence-corrected chi connectivity index (χ4v) is 5.60. The van der Waals surface area contributed by atoms with E-state index in [2.05, 4.69) is 4.98 Å². The molecule has 0 radical (unpaired) electrons. The molecule has 2 fully saturated rings. The van der Waals surface area contributed by atoms with Gasteiger partial charge in [0.2, 0.25) is 0 Å². The van der Waals surface area contributed by atoms with Crippen molar-refractivity contribution in [3.8, 4) is 0 Å². The summed E-state index contributed by atoms with van der Waals surface area (Å²) >= 11 is 0. The van der Waals surface area contributed by atoms with Crippen LogP contribution in [-0.2, 0) is 32.7 Å². The number of carboxylic acid groups (broad SMARTS) is 1. The summed E-state index contributed by atoms with van der Waals surface area (Å²) in [6.07, 6.45) is -14.6. The van der Waals surface area contributed by atoms with Crippen molar-refractivity contribution in [3.05, 3.63) is 22.7 Å². The number of anilines is 1. The SMILES string of the molecule is CCC(=O)C[C@H]1C([C@H](O)[C@H](O)CO)O[C@](OP(=O)(O)OC[C@H]2O[C@@H](n3ccc(N)nc3=O)C(O)[C@H]2O)(C(=O)O)C[C@H]1O. The molecule has 1 aromatic rings. The zero-order chi connectivity index (χ0) is 31.6. The topological polar surface area (TPSA) is 311 Å². The molecule has 0 aromatic carbocycles. The number of aliphatic hydroxyl groups is 6. The molecule has 0 aliphatic carbocycles. The molecule has 0 bridgehead atoms. The lowest BCUT2D eigenvalue weighted by atomic mass is 9.80. The lowest BCUT2D eigenvalue weighted by Gasteiger charge is -2.46. The van der Waals surface area contributed by atoms with Crippen LogP contribution < -0.4 is 11.4 Å². The number of ketones is 1. The van der Waals surface area contributed by atoms with Gasteiger partial charge in [-0.1, -0.05) is 6.92 Å². The average molecular weight is 627 g/mol. The van der Waals surface area contributed by atoms with Gasteiger partial charge in [-0.2, -0.15) is 4.98 Å². The van der Waals surface area contributed by atoms with Crippen molar-refractivity contribution in [3.63, 3.8) is 0 Å². The minimum Gasteiger partial charge on any atom is -0.477 e. The summed E-state index contributed by atoms with van der Waals surface area (Å²) in [6, 6.07) is 1.21. The first kappa shape index (κ1) is 34.1. The van der Waals surface area contributed by atoms with Gasteiger partial charge in [-0.25, -0.2) is 18.7 Å². The molecular formula is C22H34N3O16P. The molecule has 11 atom stereocenters. The largest absolute Gasteiger partial charge is 0.477 e. The van der Waals surface area contributed by atoms with Crippen LogP contribution in [0.5, 0.6) is 0 Å². The number of carbonyl (C=O) groups is 2. The molecule has 42 heavy (non-hydrogen) atoms. The normalized spacial score (nSPS) is 34.4. The Morgan fingerprint density at radius 2 is 1.95 bits per heavy atom. The molecule has 2 aliphatic rings. The van der Waals surface area contributed by atoms with Crippen molar-refractivity contribution in [1.82, 2.24) is 9.55 Å². The van der Waals surface area contributed by atoms with E-state index in [1.165, 1.54) is 13.0 Å². The van der Waals surface area contributed by atoms with E-state index in [9.17, 15) is 59.6 Å². The second-order valence-corrected chi connectivity index (χ2v) is 11.2. The van der Waals surface area contributed by atoms with E-state index < -0.39 is 112 Å². The van der Waals surface area contributed by atoms with Crippen LogP contribution >= 0.6 is 7.82 Å². The van der Waals surface area contributed by atoms with Crippen molar-refractivity contribution >= 4 is 25.4 Å². The molecule has 19 nitrogen and oxygen atoms in total. The smallest absolute Gasteiger partial charge is 0.475 e. The highest BCUT2D eigenvalue weighted by Crippen LogP contribution is 2.52. The van der Waals surface area contributed by atoms with Crippen LogP contribution in [0.1, 0.15) is 32.4 Å². The third kappa shape index (κ3) is 7.39. The molecule has 0 amide bonds. The molecule has 2 aliphatic heterocycles. The number of phosphoric acid groups is 1. The molecule has 0 spiro atoms. The fourth-order valence-electron chi connectivity index (χ4n) is 4.64. The summed E-state index contributed by atoms with van der Waals surface area (Å²) < 4.78 is 34.0. The first-order valence-electron chi connectivity index (χ1n) is 12.7. The number of aliphatic carboxylic acids is 1. The number of nitrogen functional groups attached to an aromatic ring is 1. The maximum atomic E-state index is 12.9. The van der Waals surface area contributed by atoms with Gasteiger partial charge in [0.15, 0.2) is 6.23 Å². The van der Waals surface area contributed by atoms with E-state index in [4.69, 9.17) is 24.3 Å². The first-order valence-corrected chi connectivity index (χ1v) is 14.2. The molecule has 0 saturated carbocycles. The Morgan fingerprint density at radius 1 is 1.29 bits per heavy atom. The van der Waals surface area contributed by atoms with Crippen molar-refractivity contribution < 1.29 is 73.3 Å². The quantitative estimate of drug-likeness (QED) is 0.0947. The van der Waals surface area contributed by atoms with Crippen LogP contribution in [0, 0.1) is 5.92 Å². The number of aliphatic hydroxyl groups excluding tert-OH is 6. The van der Waals surface area contributed by atoms with Crippen LogP contribution in [0.2, 0.25) is 0 Å². The Bertz CT molecular complexity index is 1230. The van der Waals surface area contributed by atoms with Gasteiger partial charge >= 0.3 is 19.5 Å². The maximum Gasteiger partial charge on any atom is 0.475 e. The Hall–Kier alpha value is -2.39. The van der Waals surface area contributed by atoms with Crippen molar-refractivity contribution in [2.45, 2.75) is 80.9 Å². The van der Waals surface area contributed by atoms with Gasteiger partial charge in [-0.15, -0.1) is 0 Å². The molecule has 2 saturated heterocycles. The highest BCUT2D eigenvalue weighted by atomic mass is 31.2. The van der Waals surface area contributed by atoms with Gasteiger partial charge < -0.3 is 55.8 Å². The first-order chi connectivity index (χ1) is 19.6. The number of nitrogens with two attached hydrogens (primary N) is 1. The van der Waals surface area contributed by atoms with E-state index in [-0.39, 0.29) is 12.2 Å². The molecule has 3 heterocycles. The highest BCUT2D eigenvalue weighted by molar-refractivity contribution is 7.47. The number of carboxylic acids is 1. The summed E-state index contributed by atoms with van der Waals surface area (Å²) in [5.74, 6) is -7.09. The number of phosphoric ester groups is 1. The third-order valence-corrected chi connectivity index (χ3v) is 7.95. The van der Waals surface area contributed by atoms with E-state index >= 15 is 0 Å². The van der Waals surface area contributed by atoms with Gasteiger partial charge in [0, 0.05) is 31.4 Å². The van der Waals surface area contributed by atoms with E-state index in [0.717, 1.165) is 10.8 Å². The standard InChI is InChI=1S/C22H34N3O16P/c1-2-9(27)5-10-11(28)6-22(20(33)34,40-18(10)15(30)12(29)7-26)41-42(36,37)38-8-13-16(31)17(32)19(39-13)25-4-3-14(23)24-21(25)35/h3-4,10-13,15-19,26,28-32H,2,5-8H2,1H3,(H,33,34)(H,36,37)(H2,23,24,35)/t10-,11-,12-,13-,15-,16+,17?,18?,19-,22-/m1/s1. The number of ether oxygens (including phenoxy) is 2. The Morgan fingerprint density at radius 3 is 2.52 bits per heavy atom. The van der Waals surface area contributed by atoms with Crippen molar-refractivity contribution in [2.75, 3.05) is 18.9 Å². The van der Waals surface area contributed by atoms with Crippen LogP contribution in [0.3, 0.4) is 0 Å². The highest BCUT2D eigenvalue weighted by Gasteiger charge is 2.58. The molecule has 1 aromatic heterocycles. The van der Waals surface area contributed by atoms with Crippen LogP contribution in [0.15, 0.2) is 17.1 Å². The summed E-state index contributed by atoms with van der Waals surface area (Å²) in [5, 5.41) is 71.0. The molecule has 3 rings (SSSR count). The van der Waals surface area contributed by atoms with Gasteiger partial charge in [-0.05, 0) is 6.07 Å². The fraction of sp³-hybridized carbons (Fsp3) is 0.727. The number of hydrogen-bond acceptors (Lipinski definition) is 16. The molecule has 238 valence electrons. The predicted octanol–water partition coefficient (Wildman–Crippen LogP) is -3.79. The Balaban J connectivity index is 1.79. The Labute approximate surface area is 237 Å². The molecule has 3 unspecified atom stereocenters. The summed E-state index contributed by atoms with van der Waals surface area (Å²) in [7, 11) is -5.50. The monoisotopic (exact) mass is 627 g/mol. The van der Waals surface area contributed by atoms with Crippen LogP contribution in [-0.4, -0.2) is 124 Å². The lowest BCUT2D eigenvalue weighted by molar-refractivity contribution is -0.298. The van der Waals surface area contributed by atoms with Crippen molar-refractivity contribution in [2.24, 2.45) is 5.92 Å². The van der Waals surface area contributed by atoms with Gasteiger partial charge in [-0.3, -0.25) is 13.9 Å². The van der Waals surface area contributed by atoms with Gasteiger partial charge in [0.1, 0.15) is 42.1 Å². The molecular weight excluding hydrogens is 593 g/mol. The minimum atomic E-state index is -5.50. The van der Waals surface area contributed by atoms with E-state index in [1.807, 2.05) is 0 Å². The van der Waals surface area contributed by atoms with Crippen LogP contribution in [0.25, 0.3) is 0 Å². The zero-order valence-corrected chi connectivity index (χ0v) is 23.0. The van der Waals surface area contributed by atoms with Crippen molar-refractivity contribution in [1.29, 1.82) is 0 Å². The number of aromatic nitrogens is 2. The predicted molar refractivity (Wildman–Crippen MR) is 134 cm³/mol. The number of hydrogen-bond donors (Lipinski definition) is 9. The second kappa shape index (κ2) is 13.5. The lowest BCUT2D eigenvalue weighted by Crippen LogP contribution is -2.61. The molecule has 10 N–H and O–H groups in total. The zero-order valence-electron chi connectivity index (χ0n) is 22.1. The number of rotatable bonds is 13. The summed E-state index contributed by atoms with van der Waals surface area (Å²) in [4.78, 5) is 50.2. The maximum absolute atomic E-state index is 12.9. The number of carbonyl (C=O) groups excluding carboxylic acids is 1. The van der Waals surface area contributed by atoms with Gasteiger partial charge in [0.05, 0.1) is 25.4 Å². The van der Waals surface area contributed by atoms with Gasteiger partial charge in [0.25, 0.3) is 5.79 Å². The summed E-state index contributed by atoms with van der Waals surface area (Å²) in [5.41, 5.74) is 4.48. The second-order valence-electron chi connectivity index (χ2n) is 9.86. The number of Topliss-reactive ketones (excluding diaryl/α,β-unsaturated/α-hetero) is 1. The van der Waals surface area contributed by atoms with Crippen LogP contribution in [0.4, 0.5) is 5.82 Å². The Kier molecular flexibility index (Phi) is 11.0. The van der Waals surface area contributed by atoms with E-state index in [0.29, 0.717) is 0 Å². The number of nitrogens with zero attached hydrogens (tertiary/aromatic N) is 2. The third-order valence-electron chi connectivity index (χ3n) is 6.95. The summed E-state index contributed by atoms with van der Waals surface area (Å²) in [6.45, 7) is -0.516. The minimum absolute atomic E-state index is 0.00294. The average Bonchev–Trinajstić information content (AvgIpc) is 3.20. The van der Waals surface area contributed by atoms with E-state index in [1.54, 1.807) is 0 Å².